The van der Waals surface area contributed by atoms with Crippen LogP contribution in [0.4, 0.5) is 5.69 Å². The number of carbonyl (C=O) groups excluding carboxylic acids is 3. The highest BCUT2D eigenvalue weighted by Crippen LogP contribution is 2.21. The Hall–Kier alpha value is -2.81. The van der Waals surface area contributed by atoms with Gasteiger partial charge < -0.3 is 5.32 Å². The van der Waals surface area contributed by atoms with E-state index in [1.165, 1.54) is 23.1 Å². The highest BCUT2D eigenvalue weighted by atomic mass is 35.5. The number of halogens is 2. The molecule has 0 unspecified atom stereocenters. The molecule has 0 saturated carbocycles. The summed E-state index contributed by atoms with van der Waals surface area (Å²) in [4.78, 5) is 38.2. The maximum absolute atomic E-state index is 12.7. The molecule has 10 heteroatoms. The largest absolute Gasteiger partial charge is 0.301 e. The van der Waals surface area contributed by atoms with Gasteiger partial charge in [0.1, 0.15) is 0 Å². The first-order chi connectivity index (χ1) is 13.4. The van der Waals surface area contributed by atoms with Crippen LogP contribution in [0.25, 0.3) is 0 Å². The molecule has 142 valence electrons. The zero-order valence-corrected chi connectivity index (χ0v) is 16.4. The van der Waals surface area contributed by atoms with Crippen LogP contribution in [0.2, 0.25) is 10.0 Å². The summed E-state index contributed by atoms with van der Waals surface area (Å²) in [5, 5.41) is 6.67. The summed E-state index contributed by atoms with van der Waals surface area (Å²) < 4.78 is 0. The third-order valence-electron chi connectivity index (χ3n) is 3.78. The molecule has 0 aromatic heterocycles. The Kier molecular flexibility index (Phi) is 6.03. The number of rotatable bonds is 4. The van der Waals surface area contributed by atoms with Crippen LogP contribution >= 0.6 is 35.4 Å². The van der Waals surface area contributed by atoms with E-state index in [-0.39, 0.29) is 15.7 Å². The number of amides is 3. The molecule has 0 aliphatic carbocycles. The molecule has 0 spiro atoms. The van der Waals surface area contributed by atoms with Gasteiger partial charge in [0.25, 0.3) is 11.8 Å². The van der Waals surface area contributed by atoms with Gasteiger partial charge in [-0.2, -0.15) is 5.10 Å². The van der Waals surface area contributed by atoms with Crippen LogP contribution < -0.4 is 15.6 Å². The van der Waals surface area contributed by atoms with Crippen molar-refractivity contribution in [3.63, 3.8) is 0 Å². The summed E-state index contributed by atoms with van der Waals surface area (Å²) in [6, 6.07) is 13.0. The molecule has 3 amide bonds. The SMILES string of the molecule is O=C(N/N=C\[C@@H]1C(=O)NC(=S)N(c2ccccc2)C1=O)c1ccc(Cl)cc1Cl. The van der Waals surface area contributed by atoms with Gasteiger partial charge in [0, 0.05) is 11.2 Å². The summed E-state index contributed by atoms with van der Waals surface area (Å²) in [7, 11) is 0. The Morgan fingerprint density at radius 3 is 2.57 bits per heavy atom. The fraction of sp³-hybridized carbons (Fsp3) is 0.0556. The van der Waals surface area contributed by atoms with Crippen LogP contribution in [0.1, 0.15) is 10.4 Å². The summed E-state index contributed by atoms with van der Waals surface area (Å²) in [6.07, 6.45) is 1.04. The van der Waals surface area contributed by atoms with E-state index in [2.05, 4.69) is 15.8 Å². The average Bonchev–Trinajstić information content (AvgIpc) is 2.65. The number of para-hydroxylation sites is 1. The predicted molar refractivity (Wildman–Crippen MR) is 111 cm³/mol. The van der Waals surface area contributed by atoms with Gasteiger partial charge in [-0.05, 0) is 42.5 Å². The predicted octanol–water partition coefficient (Wildman–Crippen LogP) is 2.77. The first kappa shape index (κ1) is 19.9. The fourth-order valence-electron chi connectivity index (χ4n) is 2.45. The second-order valence-electron chi connectivity index (χ2n) is 5.62. The summed E-state index contributed by atoms with van der Waals surface area (Å²) >= 11 is 16.9. The lowest BCUT2D eigenvalue weighted by Crippen LogP contribution is -2.58. The number of carbonyl (C=O) groups is 3. The molecule has 1 aliphatic heterocycles. The quantitative estimate of drug-likeness (QED) is 0.335. The Bertz CT molecular complexity index is 998. The molecule has 1 heterocycles. The molecule has 1 aliphatic rings. The highest BCUT2D eigenvalue weighted by molar-refractivity contribution is 7.80. The minimum atomic E-state index is -1.26. The second kappa shape index (κ2) is 8.47. The number of hydrazone groups is 1. The van der Waals surface area contributed by atoms with Gasteiger partial charge in [-0.1, -0.05) is 41.4 Å². The Morgan fingerprint density at radius 1 is 1.18 bits per heavy atom. The van der Waals surface area contributed by atoms with Crippen LogP contribution in [0.5, 0.6) is 0 Å². The van der Waals surface area contributed by atoms with Gasteiger partial charge in [0.05, 0.1) is 16.3 Å². The molecule has 1 fully saturated rings. The molecule has 1 atom stereocenters. The Morgan fingerprint density at radius 2 is 1.89 bits per heavy atom. The number of nitrogens with one attached hydrogen (secondary N) is 2. The van der Waals surface area contributed by atoms with Gasteiger partial charge in [0.15, 0.2) is 11.0 Å². The van der Waals surface area contributed by atoms with Gasteiger partial charge in [-0.15, -0.1) is 0 Å². The van der Waals surface area contributed by atoms with Crippen molar-refractivity contribution in [1.29, 1.82) is 0 Å². The van der Waals surface area contributed by atoms with Crippen LogP contribution in [-0.2, 0) is 9.59 Å². The number of nitrogens with zero attached hydrogens (tertiary/aromatic N) is 2. The molecular weight excluding hydrogens is 423 g/mol. The Balaban J connectivity index is 1.75. The molecule has 1 saturated heterocycles. The first-order valence-corrected chi connectivity index (χ1v) is 9.07. The number of benzene rings is 2. The number of anilines is 1. The maximum atomic E-state index is 12.7. The summed E-state index contributed by atoms with van der Waals surface area (Å²) in [5.74, 6) is -3.09. The van der Waals surface area contributed by atoms with Crippen LogP contribution in [0.15, 0.2) is 53.6 Å². The van der Waals surface area contributed by atoms with Crippen molar-refractivity contribution >= 4 is 70.2 Å². The number of hydrogen-bond donors (Lipinski definition) is 2. The van der Waals surface area contributed by atoms with E-state index in [0.717, 1.165) is 6.21 Å². The standard InChI is InChI=1S/C18H12Cl2N4O3S/c19-10-6-7-12(14(20)8-10)16(26)23-21-9-13-15(25)22-18(28)24(17(13)27)11-4-2-1-3-5-11/h1-9,13H,(H,23,26)(H,22,25,28)/b21-9-/t13-/m1/s1. The van der Waals surface area contributed by atoms with Crippen LogP contribution in [-0.4, -0.2) is 29.0 Å². The summed E-state index contributed by atoms with van der Waals surface area (Å²) in [6.45, 7) is 0. The van der Waals surface area contributed by atoms with Crippen molar-refractivity contribution in [3.05, 3.63) is 64.1 Å². The third kappa shape index (κ3) is 4.19. The van der Waals surface area contributed by atoms with Crippen molar-refractivity contribution in [2.45, 2.75) is 0 Å². The van der Waals surface area contributed by atoms with Crippen LogP contribution in [0.3, 0.4) is 0 Å². The van der Waals surface area contributed by atoms with Crippen molar-refractivity contribution in [1.82, 2.24) is 10.7 Å². The van der Waals surface area contributed by atoms with E-state index in [1.807, 2.05) is 0 Å². The van der Waals surface area contributed by atoms with Crippen LogP contribution in [0, 0.1) is 5.92 Å². The fourth-order valence-corrected chi connectivity index (χ4v) is 3.24. The second-order valence-corrected chi connectivity index (χ2v) is 6.85. The van der Waals surface area contributed by atoms with E-state index >= 15 is 0 Å². The number of thiocarbonyl (C=S) groups is 1. The van der Waals surface area contributed by atoms with E-state index in [0.29, 0.717) is 10.7 Å². The highest BCUT2D eigenvalue weighted by Gasteiger charge is 2.38. The molecule has 7 nitrogen and oxygen atoms in total. The smallest absolute Gasteiger partial charge is 0.272 e. The zero-order valence-electron chi connectivity index (χ0n) is 14.1. The van der Waals surface area contributed by atoms with Gasteiger partial charge in [0.2, 0.25) is 5.91 Å². The number of hydrogen-bond acceptors (Lipinski definition) is 5. The van der Waals surface area contributed by atoms with Crippen molar-refractivity contribution in [3.8, 4) is 0 Å². The van der Waals surface area contributed by atoms with Crippen molar-refractivity contribution in [2.24, 2.45) is 11.0 Å². The molecule has 0 bridgehead atoms. The molecule has 3 rings (SSSR count). The lowest BCUT2D eigenvalue weighted by molar-refractivity contribution is -0.130. The minimum Gasteiger partial charge on any atom is -0.301 e. The van der Waals surface area contributed by atoms with Gasteiger partial charge in [-0.3, -0.25) is 19.3 Å². The normalized spacial score (nSPS) is 17.0. The molecule has 2 aromatic carbocycles. The average molecular weight is 435 g/mol. The van der Waals surface area contributed by atoms with E-state index < -0.39 is 23.6 Å². The monoisotopic (exact) mass is 434 g/mol. The van der Waals surface area contributed by atoms with Gasteiger partial charge >= 0.3 is 0 Å². The molecule has 28 heavy (non-hydrogen) atoms. The molecule has 2 N–H and O–H groups in total. The first-order valence-electron chi connectivity index (χ1n) is 7.91. The van der Waals surface area contributed by atoms with Gasteiger partial charge in [-0.25, -0.2) is 5.43 Å². The maximum Gasteiger partial charge on any atom is 0.272 e. The minimum absolute atomic E-state index is 0.0252. The topological polar surface area (TPSA) is 90.9 Å². The third-order valence-corrected chi connectivity index (χ3v) is 4.61. The lowest BCUT2D eigenvalue weighted by Gasteiger charge is -2.30. The van der Waals surface area contributed by atoms with Crippen molar-refractivity contribution < 1.29 is 14.4 Å². The summed E-state index contributed by atoms with van der Waals surface area (Å²) in [5.41, 5.74) is 2.89. The van der Waals surface area contributed by atoms with E-state index in [1.54, 1.807) is 30.3 Å². The van der Waals surface area contributed by atoms with E-state index in [4.69, 9.17) is 35.4 Å². The lowest BCUT2D eigenvalue weighted by atomic mass is 10.1. The molecule has 0 radical (unpaired) electrons. The molecular formula is C18H12Cl2N4O3S. The van der Waals surface area contributed by atoms with Crippen molar-refractivity contribution in [2.75, 3.05) is 4.90 Å². The van der Waals surface area contributed by atoms with E-state index in [9.17, 15) is 14.4 Å². The Labute approximate surface area is 175 Å². The zero-order chi connectivity index (χ0) is 20.3. The molecule has 2 aromatic rings.